The van der Waals surface area contributed by atoms with Crippen LogP contribution in [0.3, 0.4) is 0 Å². The Bertz CT molecular complexity index is 461. The predicted molar refractivity (Wildman–Crippen MR) is 75.4 cm³/mol. The van der Waals surface area contributed by atoms with Crippen LogP contribution in [0.5, 0.6) is 0 Å². The van der Waals surface area contributed by atoms with Crippen molar-refractivity contribution in [3.05, 3.63) is 36.1 Å². The van der Waals surface area contributed by atoms with Gasteiger partial charge in [-0.25, -0.2) is 0 Å². The van der Waals surface area contributed by atoms with Crippen LogP contribution in [0.15, 0.2) is 41.2 Å². The summed E-state index contributed by atoms with van der Waals surface area (Å²) in [4.78, 5) is 1.88. The molecule has 1 rings (SSSR count). The maximum Gasteiger partial charge on any atom is 0.410 e. The highest BCUT2D eigenvalue weighted by molar-refractivity contribution is 6.01. The Morgan fingerprint density at radius 2 is 2.05 bits per heavy atom. The lowest BCUT2D eigenvalue weighted by Gasteiger charge is -2.20. The molecule has 0 aromatic heterocycles. The number of halogens is 3. The second-order valence-corrected chi connectivity index (χ2v) is 5.12. The van der Waals surface area contributed by atoms with Crippen LogP contribution in [0.4, 0.5) is 13.2 Å². The van der Waals surface area contributed by atoms with E-state index in [1.807, 2.05) is 18.9 Å². The summed E-state index contributed by atoms with van der Waals surface area (Å²) < 4.78 is 37.6. The Morgan fingerprint density at radius 3 is 2.50 bits per heavy atom. The lowest BCUT2D eigenvalue weighted by Crippen LogP contribution is -2.36. The number of hydrogen-bond acceptors (Lipinski definition) is 3. The van der Waals surface area contributed by atoms with Crippen LogP contribution in [-0.2, 0) is 0 Å². The maximum atomic E-state index is 12.5. The lowest BCUT2D eigenvalue weighted by molar-refractivity contribution is -0.151. The van der Waals surface area contributed by atoms with Crippen molar-refractivity contribution in [2.24, 2.45) is 5.10 Å². The fourth-order valence-electron chi connectivity index (χ4n) is 1.83. The molecule has 0 radical (unpaired) electrons. The van der Waals surface area contributed by atoms with E-state index < -0.39 is 12.2 Å². The van der Waals surface area contributed by atoms with Crippen LogP contribution in [0, 0.1) is 0 Å². The molecule has 0 fully saturated rings. The van der Waals surface area contributed by atoms with Crippen molar-refractivity contribution in [3.63, 3.8) is 0 Å². The van der Waals surface area contributed by atoms with E-state index in [2.05, 4.69) is 23.7 Å². The first-order valence-corrected chi connectivity index (χ1v) is 6.23. The molecule has 0 bridgehead atoms. The Hall–Kier alpha value is -1.72. The monoisotopic (exact) mass is 287 g/mol. The first kappa shape index (κ1) is 16.3. The van der Waals surface area contributed by atoms with Crippen molar-refractivity contribution < 1.29 is 13.2 Å². The molecule has 0 spiro atoms. The van der Waals surface area contributed by atoms with Gasteiger partial charge in [-0.15, -0.1) is 0 Å². The van der Waals surface area contributed by atoms with Gasteiger partial charge in [0.2, 0.25) is 0 Å². The molecule has 1 heterocycles. The highest BCUT2D eigenvalue weighted by Gasteiger charge is 2.42. The van der Waals surface area contributed by atoms with Gasteiger partial charge in [-0.2, -0.15) is 18.3 Å². The van der Waals surface area contributed by atoms with E-state index in [1.54, 1.807) is 13.0 Å². The largest absolute Gasteiger partial charge is 0.410 e. The van der Waals surface area contributed by atoms with Crippen LogP contribution in [0.1, 0.15) is 20.3 Å². The fraction of sp³-hybridized carbons (Fsp3) is 0.500. The molecule has 0 amide bonds. The molecule has 1 N–H and O–H groups in total. The SMILES string of the molecule is C=C(C)CN(C)C(=C)/C=C(\C)C1=NNC(C(F)(F)F)C1. The third kappa shape index (κ3) is 4.43. The minimum atomic E-state index is -4.28. The molecule has 1 aliphatic rings. The number of allylic oxidation sites excluding steroid dienone is 2. The number of hydrazone groups is 1. The van der Waals surface area contributed by atoms with Crippen molar-refractivity contribution in [1.82, 2.24) is 10.3 Å². The predicted octanol–water partition coefficient (Wildman–Crippen LogP) is 3.23. The molecule has 3 nitrogen and oxygen atoms in total. The minimum absolute atomic E-state index is 0.149. The Balaban J connectivity index is 2.67. The average Bonchev–Trinajstić information content (AvgIpc) is 2.76. The van der Waals surface area contributed by atoms with Gasteiger partial charge in [0.05, 0.1) is 5.71 Å². The average molecular weight is 287 g/mol. The molecule has 0 aliphatic carbocycles. The van der Waals surface area contributed by atoms with Crippen molar-refractivity contribution >= 4 is 5.71 Å². The quantitative estimate of drug-likeness (QED) is 0.621. The van der Waals surface area contributed by atoms with E-state index in [1.165, 1.54) is 0 Å². The molecule has 1 atom stereocenters. The molecule has 0 aromatic rings. The second kappa shape index (κ2) is 6.15. The van der Waals surface area contributed by atoms with Crippen molar-refractivity contribution in [3.8, 4) is 0 Å². The molecular formula is C14H20F3N3. The number of nitrogens with one attached hydrogen (secondary N) is 1. The van der Waals surface area contributed by atoms with Gasteiger partial charge in [-0.05, 0) is 25.5 Å². The van der Waals surface area contributed by atoms with Gasteiger partial charge in [-0.3, -0.25) is 5.43 Å². The highest BCUT2D eigenvalue weighted by Crippen LogP contribution is 2.27. The van der Waals surface area contributed by atoms with Gasteiger partial charge in [0.25, 0.3) is 0 Å². The number of alkyl halides is 3. The molecule has 20 heavy (non-hydrogen) atoms. The van der Waals surface area contributed by atoms with E-state index in [0.717, 1.165) is 5.57 Å². The zero-order valence-electron chi connectivity index (χ0n) is 12.0. The maximum absolute atomic E-state index is 12.5. The van der Waals surface area contributed by atoms with Crippen molar-refractivity contribution in [2.75, 3.05) is 13.6 Å². The zero-order chi connectivity index (χ0) is 15.5. The normalized spacial score (nSPS) is 19.4. The first-order chi connectivity index (χ1) is 9.11. The van der Waals surface area contributed by atoms with E-state index >= 15 is 0 Å². The number of nitrogens with zero attached hydrogens (tertiary/aromatic N) is 2. The first-order valence-electron chi connectivity index (χ1n) is 6.23. The summed E-state index contributed by atoms with van der Waals surface area (Å²) >= 11 is 0. The van der Waals surface area contributed by atoms with Crippen LogP contribution in [0.25, 0.3) is 0 Å². The summed E-state index contributed by atoms with van der Waals surface area (Å²) in [5.74, 6) is 0. The molecule has 1 aliphatic heterocycles. The molecule has 0 saturated carbocycles. The third-order valence-electron chi connectivity index (χ3n) is 2.98. The third-order valence-corrected chi connectivity index (χ3v) is 2.98. The van der Waals surface area contributed by atoms with Gasteiger partial charge in [0, 0.05) is 25.7 Å². The van der Waals surface area contributed by atoms with Crippen molar-refractivity contribution in [1.29, 1.82) is 0 Å². The Morgan fingerprint density at radius 1 is 1.45 bits per heavy atom. The van der Waals surface area contributed by atoms with Gasteiger partial charge in [0.1, 0.15) is 6.04 Å². The Labute approximate surface area is 117 Å². The van der Waals surface area contributed by atoms with Crippen LogP contribution in [0.2, 0.25) is 0 Å². The second-order valence-electron chi connectivity index (χ2n) is 5.12. The summed E-state index contributed by atoms with van der Waals surface area (Å²) in [5, 5.41) is 3.76. The molecular weight excluding hydrogens is 267 g/mol. The van der Waals surface area contributed by atoms with E-state index in [0.29, 0.717) is 23.5 Å². The van der Waals surface area contributed by atoms with Gasteiger partial charge < -0.3 is 4.90 Å². The van der Waals surface area contributed by atoms with Crippen LogP contribution >= 0.6 is 0 Å². The molecule has 1 unspecified atom stereocenters. The van der Waals surface area contributed by atoms with Gasteiger partial charge in [0.15, 0.2) is 0 Å². The molecule has 112 valence electrons. The van der Waals surface area contributed by atoms with Crippen LogP contribution < -0.4 is 5.43 Å². The highest BCUT2D eigenvalue weighted by atomic mass is 19.4. The topological polar surface area (TPSA) is 27.6 Å². The summed E-state index contributed by atoms with van der Waals surface area (Å²) in [7, 11) is 1.86. The van der Waals surface area contributed by atoms with E-state index in [-0.39, 0.29) is 6.42 Å². The summed E-state index contributed by atoms with van der Waals surface area (Å²) in [6, 6.07) is -1.60. The molecule has 0 aromatic carbocycles. The van der Waals surface area contributed by atoms with Crippen molar-refractivity contribution in [2.45, 2.75) is 32.5 Å². The van der Waals surface area contributed by atoms with E-state index in [9.17, 15) is 13.2 Å². The fourth-order valence-corrected chi connectivity index (χ4v) is 1.83. The van der Waals surface area contributed by atoms with Crippen LogP contribution in [-0.4, -0.2) is 36.4 Å². The lowest BCUT2D eigenvalue weighted by atomic mass is 10.0. The number of rotatable bonds is 5. The standard InChI is InChI=1S/C14H20F3N3/c1-9(2)8-20(5)11(4)6-10(3)12-7-13(19-18-12)14(15,16)17/h6,13,19H,1,4,7-8H2,2-3,5H3/b10-6+. The minimum Gasteiger partial charge on any atom is -0.371 e. The van der Waals surface area contributed by atoms with E-state index in [4.69, 9.17) is 0 Å². The van der Waals surface area contributed by atoms with Gasteiger partial charge >= 0.3 is 6.18 Å². The summed E-state index contributed by atoms with van der Waals surface area (Å²) in [6.07, 6.45) is -2.69. The van der Waals surface area contributed by atoms with Gasteiger partial charge in [-0.1, -0.05) is 18.7 Å². The Kier molecular flexibility index (Phi) is 5.03. The summed E-state index contributed by atoms with van der Waals surface area (Å²) in [5.41, 5.74) is 4.92. The molecule has 6 heteroatoms. The number of likely N-dealkylation sites (N-methyl/N-ethyl adjacent to an activating group) is 1. The summed E-state index contributed by atoms with van der Waals surface area (Å²) in [6.45, 7) is 12.0. The molecule has 0 saturated heterocycles. The zero-order valence-corrected chi connectivity index (χ0v) is 12.0. The smallest absolute Gasteiger partial charge is 0.371 e. The number of hydrogen-bond donors (Lipinski definition) is 1.